The van der Waals surface area contributed by atoms with Crippen molar-refractivity contribution in [3.63, 3.8) is 0 Å². The quantitative estimate of drug-likeness (QED) is 0.840. The van der Waals surface area contributed by atoms with E-state index < -0.39 is 15.8 Å². The molecule has 26 heavy (non-hydrogen) atoms. The summed E-state index contributed by atoms with van der Waals surface area (Å²) in [7, 11) is -2.38. The van der Waals surface area contributed by atoms with Crippen LogP contribution in [0.15, 0.2) is 47.4 Å². The lowest BCUT2D eigenvalue weighted by Crippen LogP contribution is -2.28. The average molecular weight is 375 g/mol. The van der Waals surface area contributed by atoms with Gasteiger partial charge >= 0.3 is 0 Å². The number of benzene rings is 2. The van der Waals surface area contributed by atoms with Gasteiger partial charge in [0.05, 0.1) is 17.4 Å². The third-order valence-electron chi connectivity index (χ3n) is 3.75. The second kappa shape index (κ2) is 7.97. The molecule has 0 saturated carbocycles. The van der Waals surface area contributed by atoms with Gasteiger partial charge in [-0.15, -0.1) is 0 Å². The monoisotopic (exact) mass is 375 g/mol. The third kappa shape index (κ3) is 4.58. The number of hydrogen-bond donors (Lipinski definition) is 1. The fourth-order valence-corrected chi connectivity index (χ4v) is 3.34. The molecule has 2 aromatic carbocycles. The van der Waals surface area contributed by atoms with Crippen LogP contribution in [0.2, 0.25) is 0 Å². The normalized spacial score (nSPS) is 10.8. The molecular formula is C18H18FN3O3S. The zero-order chi connectivity index (χ0) is 19.3. The van der Waals surface area contributed by atoms with Crippen molar-refractivity contribution >= 4 is 21.6 Å². The first-order valence-electron chi connectivity index (χ1n) is 7.76. The number of sulfonamides is 1. The number of nitrogens with one attached hydrogen (secondary N) is 1. The molecule has 6 nitrogen and oxygen atoms in total. The molecule has 0 aromatic heterocycles. The molecule has 136 valence electrons. The number of nitrogens with zero attached hydrogens (tertiary/aromatic N) is 2. The van der Waals surface area contributed by atoms with Crippen LogP contribution in [0.3, 0.4) is 0 Å². The second-order valence-electron chi connectivity index (χ2n) is 5.72. The van der Waals surface area contributed by atoms with Crippen molar-refractivity contribution < 1.29 is 17.6 Å². The molecule has 0 aliphatic heterocycles. The lowest BCUT2D eigenvalue weighted by molar-refractivity contribution is 0.0797. The first kappa shape index (κ1) is 19.4. The molecule has 8 heteroatoms. The molecule has 0 atom stereocenters. The van der Waals surface area contributed by atoms with E-state index in [2.05, 4.69) is 4.72 Å². The van der Waals surface area contributed by atoms with Gasteiger partial charge in [0, 0.05) is 24.8 Å². The van der Waals surface area contributed by atoms with Crippen LogP contribution in [0, 0.1) is 24.1 Å². The zero-order valence-electron chi connectivity index (χ0n) is 14.4. The van der Waals surface area contributed by atoms with Gasteiger partial charge in [0.1, 0.15) is 5.82 Å². The molecule has 0 aliphatic carbocycles. The molecule has 0 bridgehead atoms. The van der Waals surface area contributed by atoms with Crippen molar-refractivity contribution in [1.29, 1.82) is 5.26 Å². The highest BCUT2D eigenvalue weighted by molar-refractivity contribution is 7.92. The van der Waals surface area contributed by atoms with Crippen molar-refractivity contribution in [3.8, 4) is 6.07 Å². The highest BCUT2D eigenvalue weighted by Gasteiger charge is 2.20. The molecule has 0 fully saturated rings. The maximum Gasteiger partial charge on any atom is 0.261 e. The Kier molecular flexibility index (Phi) is 5.95. The van der Waals surface area contributed by atoms with Crippen molar-refractivity contribution in [2.75, 3.05) is 18.3 Å². The largest absolute Gasteiger partial charge is 0.341 e. The molecule has 0 spiro atoms. The summed E-state index contributed by atoms with van der Waals surface area (Å²) in [5, 5.41) is 8.63. The van der Waals surface area contributed by atoms with E-state index in [-0.39, 0.29) is 35.0 Å². The van der Waals surface area contributed by atoms with E-state index in [1.54, 1.807) is 20.0 Å². The number of halogens is 1. The van der Waals surface area contributed by atoms with Crippen LogP contribution in [-0.2, 0) is 10.0 Å². The van der Waals surface area contributed by atoms with E-state index in [1.807, 2.05) is 6.07 Å². The zero-order valence-corrected chi connectivity index (χ0v) is 15.2. The van der Waals surface area contributed by atoms with Gasteiger partial charge in [-0.1, -0.05) is 6.07 Å². The number of carbonyl (C=O) groups is 1. The molecule has 2 rings (SSSR count). The fourth-order valence-electron chi connectivity index (χ4n) is 2.26. The number of anilines is 1. The highest BCUT2D eigenvalue weighted by Crippen LogP contribution is 2.20. The van der Waals surface area contributed by atoms with Gasteiger partial charge in [0.15, 0.2) is 0 Å². The molecule has 1 N–H and O–H groups in total. The summed E-state index contributed by atoms with van der Waals surface area (Å²) in [5.74, 6) is -0.840. The predicted molar refractivity (Wildman–Crippen MR) is 95.6 cm³/mol. The second-order valence-corrected chi connectivity index (χ2v) is 7.41. The van der Waals surface area contributed by atoms with Crippen LogP contribution < -0.4 is 4.72 Å². The number of nitriles is 1. The van der Waals surface area contributed by atoms with Crippen LogP contribution >= 0.6 is 0 Å². The van der Waals surface area contributed by atoms with Gasteiger partial charge in [0.25, 0.3) is 15.9 Å². The Morgan fingerprint density at radius 2 is 1.88 bits per heavy atom. The minimum Gasteiger partial charge on any atom is -0.341 e. The Labute approximate surface area is 151 Å². The Balaban J connectivity index is 2.31. The topological polar surface area (TPSA) is 90.3 Å². The summed E-state index contributed by atoms with van der Waals surface area (Å²) in [4.78, 5) is 13.8. The molecule has 0 heterocycles. The maximum absolute atomic E-state index is 13.0. The third-order valence-corrected chi connectivity index (χ3v) is 5.13. The van der Waals surface area contributed by atoms with Crippen LogP contribution in [0.1, 0.15) is 22.3 Å². The summed E-state index contributed by atoms with van der Waals surface area (Å²) in [6.45, 7) is 1.95. The SMILES string of the molecule is Cc1ccc(S(=O)(=O)Nc2ccc(F)cc2)cc1C(=O)N(C)CCC#N. The first-order valence-corrected chi connectivity index (χ1v) is 9.24. The summed E-state index contributed by atoms with van der Waals surface area (Å²) in [5.41, 5.74) is 1.08. The van der Waals surface area contributed by atoms with Gasteiger partial charge in [-0.25, -0.2) is 12.8 Å². The van der Waals surface area contributed by atoms with E-state index in [1.165, 1.54) is 29.2 Å². The van der Waals surface area contributed by atoms with Crippen molar-refractivity contribution in [2.24, 2.45) is 0 Å². The summed E-state index contributed by atoms with van der Waals surface area (Å²) in [6.07, 6.45) is 0.186. The molecule has 2 aromatic rings. The van der Waals surface area contributed by atoms with Gasteiger partial charge in [0.2, 0.25) is 0 Å². The summed E-state index contributed by atoms with van der Waals surface area (Å²) in [6, 6.07) is 11.1. The lowest BCUT2D eigenvalue weighted by atomic mass is 10.1. The van der Waals surface area contributed by atoms with E-state index in [9.17, 15) is 17.6 Å². The van der Waals surface area contributed by atoms with E-state index in [4.69, 9.17) is 5.26 Å². The van der Waals surface area contributed by atoms with Crippen LogP contribution in [-0.4, -0.2) is 32.8 Å². The average Bonchev–Trinajstić information content (AvgIpc) is 2.61. The Bertz CT molecular complexity index is 951. The number of amides is 1. The molecule has 0 aliphatic rings. The predicted octanol–water partition coefficient (Wildman–Crippen LogP) is 2.92. The van der Waals surface area contributed by atoms with Crippen molar-refractivity contribution in [3.05, 3.63) is 59.4 Å². The number of rotatable bonds is 6. The van der Waals surface area contributed by atoms with Crippen molar-refractivity contribution in [2.45, 2.75) is 18.2 Å². The number of carbonyl (C=O) groups excluding carboxylic acids is 1. The summed E-state index contributed by atoms with van der Waals surface area (Å²) >= 11 is 0. The molecule has 1 amide bonds. The van der Waals surface area contributed by atoms with E-state index >= 15 is 0 Å². The van der Waals surface area contributed by atoms with E-state index in [0.29, 0.717) is 5.56 Å². The lowest BCUT2D eigenvalue weighted by Gasteiger charge is -2.18. The number of hydrogen-bond acceptors (Lipinski definition) is 4. The first-order chi connectivity index (χ1) is 12.2. The molecule has 0 unspecified atom stereocenters. The van der Waals surface area contributed by atoms with Crippen LogP contribution in [0.25, 0.3) is 0 Å². The number of aryl methyl sites for hydroxylation is 1. The minimum absolute atomic E-state index is 0.0792. The van der Waals surface area contributed by atoms with Crippen LogP contribution in [0.5, 0.6) is 0 Å². The molecule has 0 saturated heterocycles. The molecule has 0 radical (unpaired) electrons. The van der Waals surface area contributed by atoms with Gasteiger partial charge < -0.3 is 4.90 Å². The summed E-state index contributed by atoms with van der Waals surface area (Å²) < 4.78 is 40.4. The Hall–Kier alpha value is -2.92. The van der Waals surface area contributed by atoms with Crippen molar-refractivity contribution in [1.82, 2.24) is 4.90 Å². The van der Waals surface area contributed by atoms with Gasteiger partial charge in [-0.3, -0.25) is 9.52 Å². The smallest absolute Gasteiger partial charge is 0.261 e. The van der Waals surface area contributed by atoms with E-state index in [0.717, 1.165) is 12.1 Å². The Morgan fingerprint density at radius 3 is 2.50 bits per heavy atom. The maximum atomic E-state index is 13.0. The fraction of sp³-hybridized carbons (Fsp3) is 0.222. The Morgan fingerprint density at radius 1 is 1.23 bits per heavy atom. The molecular weight excluding hydrogens is 357 g/mol. The standard InChI is InChI=1S/C18H18FN3O3S/c1-13-4-9-16(12-17(13)18(23)22(2)11-3-10-20)26(24,25)21-15-7-5-14(19)6-8-15/h4-9,12,21H,3,11H2,1-2H3. The van der Waals surface area contributed by atoms with Crippen LogP contribution in [0.4, 0.5) is 10.1 Å². The minimum atomic E-state index is -3.94. The van der Waals surface area contributed by atoms with Gasteiger partial charge in [-0.2, -0.15) is 5.26 Å². The van der Waals surface area contributed by atoms with Gasteiger partial charge in [-0.05, 0) is 48.9 Å². The highest BCUT2D eigenvalue weighted by atomic mass is 32.2.